The lowest BCUT2D eigenvalue weighted by Gasteiger charge is -2.13. The van der Waals surface area contributed by atoms with Crippen LogP contribution < -0.4 is 10.6 Å². The molecular formula is C32H24Cl2N4O2S4. The Balaban J connectivity index is 1.03. The number of hydrogen-bond donors (Lipinski definition) is 2. The number of aromatic nitrogens is 2. The summed E-state index contributed by atoms with van der Waals surface area (Å²) < 4.78 is 3.75. The van der Waals surface area contributed by atoms with Crippen LogP contribution in [0.3, 0.4) is 0 Å². The average molecular weight is 696 g/mol. The summed E-state index contributed by atoms with van der Waals surface area (Å²) >= 11 is 18.0. The number of rotatable bonds is 9. The zero-order valence-electron chi connectivity index (χ0n) is 23.4. The number of thiazole rings is 2. The Hall–Kier alpha value is -3.12. The molecule has 6 nitrogen and oxygen atoms in total. The highest BCUT2D eigenvalue weighted by atomic mass is 35.5. The van der Waals surface area contributed by atoms with Crippen molar-refractivity contribution in [3.63, 3.8) is 0 Å². The summed E-state index contributed by atoms with van der Waals surface area (Å²) in [5.41, 5.74) is 7.18. The Bertz CT molecular complexity index is 1900. The van der Waals surface area contributed by atoms with Crippen molar-refractivity contribution in [1.82, 2.24) is 9.97 Å². The molecule has 0 aliphatic rings. The number of thioether (sulfide) groups is 2. The number of nitrogens with zero attached hydrogens (tertiary/aromatic N) is 2. The van der Waals surface area contributed by atoms with Crippen molar-refractivity contribution in [2.24, 2.45) is 0 Å². The first-order chi connectivity index (χ1) is 21.2. The van der Waals surface area contributed by atoms with Gasteiger partial charge in [0.05, 0.1) is 31.9 Å². The standard InChI is InChI=1S/C32H24Cl2N4O2S4/c1-17-11-19(3-7-23(17)35-29(39)15-41-31-37-25-13-21(33)5-9-27(25)43-31)20-4-8-24(18(2)12-20)36-30(40)16-42-32-38-26-14-22(34)6-10-28(26)44-32/h3-14H,15-16H2,1-2H3,(H,35,39)(H,36,40). The van der Waals surface area contributed by atoms with Crippen LogP contribution in [0.4, 0.5) is 11.4 Å². The number of amides is 2. The number of benzene rings is 4. The minimum absolute atomic E-state index is 0.0928. The van der Waals surface area contributed by atoms with Crippen molar-refractivity contribution in [2.45, 2.75) is 22.5 Å². The van der Waals surface area contributed by atoms with Gasteiger partial charge in [-0.2, -0.15) is 0 Å². The van der Waals surface area contributed by atoms with Crippen molar-refractivity contribution < 1.29 is 9.59 Å². The number of nitrogens with one attached hydrogen (secondary N) is 2. The maximum atomic E-state index is 12.7. The summed E-state index contributed by atoms with van der Waals surface area (Å²) in [7, 11) is 0. The molecule has 0 saturated heterocycles. The van der Waals surface area contributed by atoms with Crippen LogP contribution in [0.2, 0.25) is 10.0 Å². The van der Waals surface area contributed by atoms with Crippen LogP contribution in [0.1, 0.15) is 11.1 Å². The fourth-order valence-corrected chi connectivity index (χ4v) is 8.51. The lowest BCUT2D eigenvalue weighted by molar-refractivity contribution is -0.114. The molecule has 12 heteroatoms. The molecule has 4 aromatic carbocycles. The Labute approximate surface area is 280 Å². The van der Waals surface area contributed by atoms with Crippen LogP contribution in [0.5, 0.6) is 0 Å². The number of anilines is 2. The molecule has 2 amide bonds. The van der Waals surface area contributed by atoms with Crippen molar-refractivity contribution >= 4 is 113 Å². The molecule has 2 aromatic heterocycles. The molecule has 0 unspecified atom stereocenters. The predicted octanol–water partition coefficient (Wildman–Crippen LogP) is 9.96. The van der Waals surface area contributed by atoms with Gasteiger partial charge in [0.15, 0.2) is 8.68 Å². The van der Waals surface area contributed by atoms with E-state index in [2.05, 4.69) is 32.7 Å². The molecular weight excluding hydrogens is 672 g/mol. The van der Waals surface area contributed by atoms with Gasteiger partial charge in [0.2, 0.25) is 11.8 Å². The van der Waals surface area contributed by atoms with E-state index in [0.29, 0.717) is 10.0 Å². The number of carbonyl (C=O) groups excluding carboxylic acids is 2. The third-order valence-electron chi connectivity index (χ3n) is 6.65. The van der Waals surface area contributed by atoms with Gasteiger partial charge < -0.3 is 10.6 Å². The molecule has 0 fully saturated rings. The van der Waals surface area contributed by atoms with Gasteiger partial charge in [0, 0.05) is 21.4 Å². The van der Waals surface area contributed by atoms with Crippen molar-refractivity contribution in [3.05, 3.63) is 94.0 Å². The van der Waals surface area contributed by atoms with E-state index < -0.39 is 0 Å². The van der Waals surface area contributed by atoms with Crippen LogP contribution >= 0.6 is 69.4 Å². The second-order valence-electron chi connectivity index (χ2n) is 9.92. The van der Waals surface area contributed by atoms with E-state index in [1.54, 1.807) is 22.7 Å². The summed E-state index contributed by atoms with van der Waals surface area (Å²) in [6.45, 7) is 3.95. The highest BCUT2D eigenvalue weighted by molar-refractivity contribution is 8.02. The minimum atomic E-state index is -0.0928. The van der Waals surface area contributed by atoms with E-state index in [4.69, 9.17) is 23.2 Å². The summed E-state index contributed by atoms with van der Waals surface area (Å²) in [4.78, 5) is 34.5. The SMILES string of the molecule is Cc1cc(-c2ccc(NC(=O)CSc3nc4cc(Cl)ccc4s3)c(C)c2)ccc1NC(=O)CSc1nc2cc(Cl)ccc2s1. The van der Waals surface area contributed by atoms with Gasteiger partial charge in [-0.1, -0.05) is 58.9 Å². The zero-order valence-corrected chi connectivity index (χ0v) is 28.2. The molecule has 0 spiro atoms. The van der Waals surface area contributed by atoms with E-state index >= 15 is 0 Å². The minimum Gasteiger partial charge on any atom is -0.325 e. The first-order valence-corrected chi connectivity index (χ1v) is 17.8. The van der Waals surface area contributed by atoms with Crippen LogP contribution in [-0.4, -0.2) is 33.3 Å². The van der Waals surface area contributed by atoms with Crippen LogP contribution in [0, 0.1) is 13.8 Å². The normalized spacial score (nSPS) is 11.3. The second-order valence-corrected chi connectivity index (χ2v) is 15.3. The number of halogens is 2. The smallest absolute Gasteiger partial charge is 0.234 e. The molecule has 0 aliphatic carbocycles. The van der Waals surface area contributed by atoms with Crippen LogP contribution in [-0.2, 0) is 9.59 Å². The fraction of sp³-hybridized carbons (Fsp3) is 0.125. The third-order valence-corrected chi connectivity index (χ3v) is 11.5. The Kier molecular flexibility index (Phi) is 9.46. The predicted molar refractivity (Wildman–Crippen MR) is 189 cm³/mol. The maximum Gasteiger partial charge on any atom is 0.234 e. The van der Waals surface area contributed by atoms with Gasteiger partial charge in [0.25, 0.3) is 0 Å². The number of fused-ring (bicyclic) bond motifs is 2. The van der Waals surface area contributed by atoms with Gasteiger partial charge in [-0.15, -0.1) is 22.7 Å². The first-order valence-electron chi connectivity index (χ1n) is 13.4. The van der Waals surface area contributed by atoms with E-state index in [0.717, 1.165) is 62.7 Å². The van der Waals surface area contributed by atoms with Gasteiger partial charge in [-0.3, -0.25) is 9.59 Å². The Morgan fingerprint density at radius 1 is 0.659 bits per heavy atom. The zero-order chi connectivity index (χ0) is 30.8. The highest BCUT2D eigenvalue weighted by Crippen LogP contribution is 2.33. The van der Waals surface area contributed by atoms with Crippen molar-refractivity contribution in [1.29, 1.82) is 0 Å². The quantitative estimate of drug-likeness (QED) is 0.147. The Morgan fingerprint density at radius 2 is 1.09 bits per heavy atom. The molecule has 6 aromatic rings. The van der Waals surface area contributed by atoms with Gasteiger partial charge in [-0.05, 0) is 96.8 Å². The Morgan fingerprint density at radius 3 is 1.50 bits per heavy atom. The van der Waals surface area contributed by atoms with Gasteiger partial charge in [0.1, 0.15) is 0 Å². The number of aryl methyl sites for hydroxylation is 2. The molecule has 0 aliphatic heterocycles. The highest BCUT2D eigenvalue weighted by Gasteiger charge is 2.13. The average Bonchev–Trinajstić information content (AvgIpc) is 3.59. The number of hydrogen-bond acceptors (Lipinski definition) is 8. The number of carbonyl (C=O) groups is 2. The van der Waals surface area contributed by atoms with Crippen LogP contribution in [0.25, 0.3) is 31.6 Å². The summed E-state index contributed by atoms with van der Waals surface area (Å²) in [6, 6.07) is 23.1. The topological polar surface area (TPSA) is 84.0 Å². The van der Waals surface area contributed by atoms with Crippen molar-refractivity contribution in [2.75, 3.05) is 22.1 Å². The molecule has 6 rings (SSSR count). The van der Waals surface area contributed by atoms with E-state index in [1.165, 1.54) is 23.5 Å². The molecule has 0 saturated carbocycles. The summed E-state index contributed by atoms with van der Waals surface area (Å²) in [5.74, 6) is 0.332. The summed E-state index contributed by atoms with van der Waals surface area (Å²) in [6.07, 6.45) is 0. The molecule has 44 heavy (non-hydrogen) atoms. The third kappa shape index (κ3) is 7.39. The molecule has 222 valence electrons. The summed E-state index contributed by atoms with van der Waals surface area (Å²) in [5, 5.41) is 7.32. The van der Waals surface area contributed by atoms with E-state index in [-0.39, 0.29) is 23.3 Å². The lowest BCUT2D eigenvalue weighted by atomic mass is 10.00. The molecule has 2 N–H and O–H groups in total. The van der Waals surface area contributed by atoms with Gasteiger partial charge in [-0.25, -0.2) is 9.97 Å². The van der Waals surface area contributed by atoms with E-state index in [9.17, 15) is 9.59 Å². The molecule has 2 heterocycles. The van der Waals surface area contributed by atoms with Crippen molar-refractivity contribution in [3.8, 4) is 11.1 Å². The monoisotopic (exact) mass is 694 g/mol. The molecule has 0 radical (unpaired) electrons. The fourth-order valence-electron chi connectivity index (χ4n) is 4.48. The lowest BCUT2D eigenvalue weighted by Crippen LogP contribution is -2.15. The van der Waals surface area contributed by atoms with Gasteiger partial charge >= 0.3 is 0 Å². The first kappa shape index (κ1) is 30.9. The van der Waals surface area contributed by atoms with Crippen LogP contribution in [0.15, 0.2) is 81.5 Å². The maximum absolute atomic E-state index is 12.7. The molecule has 0 bridgehead atoms. The second kappa shape index (κ2) is 13.5. The molecule has 0 atom stereocenters. The van der Waals surface area contributed by atoms with E-state index in [1.807, 2.05) is 74.5 Å². The largest absolute Gasteiger partial charge is 0.325 e.